The van der Waals surface area contributed by atoms with Crippen LogP contribution in [0.5, 0.6) is 0 Å². The first-order chi connectivity index (χ1) is 8.15. The maximum atomic E-state index is 11.8. The first kappa shape index (κ1) is 11.9. The third-order valence-corrected chi connectivity index (χ3v) is 2.55. The second-order valence-electron chi connectivity index (χ2n) is 3.33. The molecule has 0 saturated heterocycles. The number of nitrogens with zero attached hydrogens (tertiary/aromatic N) is 1. The van der Waals surface area contributed by atoms with Gasteiger partial charge in [-0.3, -0.25) is 4.79 Å². The van der Waals surface area contributed by atoms with Crippen LogP contribution in [0.1, 0.15) is 10.4 Å². The summed E-state index contributed by atoms with van der Waals surface area (Å²) in [6.45, 7) is 0. The van der Waals surface area contributed by atoms with E-state index in [4.69, 9.17) is 23.2 Å². The first-order valence-electron chi connectivity index (χ1n) is 4.83. The number of pyridine rings is 1. The van der Waals surface area contributed by atoms with Crippen molar-refractivity contribution in [1.29, 1.82) is 0 Å². The van der Waals surface area contributed by atoms with Gasteiger partial charge in [-0.05, 0) is 36.4 Å². The summed E-state index contributed by atoms with van der Waals surface area (Å²) in [5, 5.41) is 3.64. The molecular formula is C12H8Cl2N2O. The summed E-state index contributed by atoms with van der Waals surface area (Å²) in [6, 6.07) is 9.88. The minimum absolute atomic E-state index is 0.219. The van der Waals surface area contributed by atoms with Gasteiger partial charge in [0.25, 0.3) is 5.91 Å². The molecule has 1 heterocycles. The molecule has 1 aromatic carbocycles. The molecule has 0 fully saturated rings. The second kappa shape index (κ2) is 5.17. The molecule has 0 spiro atoms. The standard InChI is InChI=1S/C12H8Cl2N2O/c13-9-3-1-8(2-4-9)12(17)16-10-5-6-15-11(14)7-10/h1-7H,(H,15,16,17). The van der Waals surface area contributed by atoms with Crippen molar-refractivity contribution in [2.75, 3.05) is 5.32 Å². The molecule has 0 bridgehead atoms. The Morgan fingerprint density at radius 3 is 2.47 bits per heavy atom. The third-order valence-electron chi connectivity index (χ3n) is 2.09. The van der Waals surface area contributed by atoms with Crippen LogP contribution in [0.25, 0.3) is 0 Å². The molecule has 0 saturated carbocycles. The largest absolute Gasteiger partial charge is 0.322 e. The van der Waals surface area contributed by atoms with Crippen LogP contribution in [0.4, 0.5) is 5.69 Å². The van der Waals surface area contributed by atoms with Gasteiger partial charge in [-0.1, -0.05) is 23.2 Å². The van der Waals surface area contributed by atoms with E-state index in [1.54, 1.807) is 36.4 Å². The summed E-state index contributed by atoms with van der Waals surface area (Å²) < 4.78 is 0. The molecule has 0 aliphatic rings. The molecule has 2 aromatic rings. The minimum Gasteiger partial charge on any atom is -0.322 e. The second-order valence-corrected chi connectivity index (χ2v) is 4.15. The van der Waals surface area contributed by atoms with E-state index < -0.39 is 0 Å². The van der Waals surface area contributed by atoms with Crippen LogP contribution in [0.15, 0.2) is 42.6 Å². The zero-order valence-corrected chi connectivity index (χ0v) is 10.2. The van der Waals surface area contributed by atoms with Gasteiger partial charge in [-0.15, -0.1) is 0 Å². The number of nitrogens with one attached hydrogen (secondary N) is 1. The van der Waals surface area contributed by atoms with Crippen LogP contribution >= 0.6 is 23.2 Å². The molecule has 0 radical (unpaired) electrons. The lowest BCUT2D eigenvalue weighted by Gasteiger charge is -2.05. The lowest BCUT2D eigenvalue weighted by Crippen LogP contribution is -2.11. The van der Waals surface area contributed by atoms with Crippen LogP contribution in [-0.4, -0.2) is 10.9 Å². The monoisotopic (exact) mass is 266 g/mol. The molecule has 0 aliphatic heterocycles. The summed E-state index contributed by atoms with van der Waals surface area (Å²) in [5.41, 5.74) is 1.13. The molecule has 2 rings (SSSR count). The van der Waals surface area contributed by atoms with Crippen LogP contribution in [0.2, 0.25) is 10.2 Å². The molecule has 1 N–H and O–H groups in total. The number of carbonyl (C=O) groups excluding carboxylic acids is 1. The van der Waals surface area contributed by atoms with Crippen molar-refractivity contribution in [3.05, 3.63) is 58.3 Å². The highest BCUT2D eigenvalue weighted by atomic mass is 35.5. The summed E-state index contributed by atoms with van der Waals surface area (Å²) in [5.74, 6) is -0.219. The molecule has 0 atom stereocenters. The predicted octanol–water partition coefficient (Wildman–Crippen LogP) is 3.64. The average molecular weight is 267 g/mol. The van der Waals surface area contributed by atoms with E-state index in [-0.39, 0.29) is 5.91 Å². The fourth-order valence-electron chi connectivity index (χ4n) is 1.28. The lowest BCUT2D eigenvalue weighted by atomic mass is 10.2. The van der Waals surface area contributed by atoms with Gasteiger partial charge in [0, 0.05) is 22.5 Å². The van der Waals surface area contributed by atoms with Crippen molar-refractivity contribution in [2.24, 2.45) is 0 Å². The van der Waals surface area contributed by atoms with E-state index in [2.05, 4.69) is 10.3 Å². The molecule has 1 amide bonds. The number of halogens is 2. The maximum Gasteiger partial charge on any atom is 0.255 e. The number of aromatic nitrogens is 1. The predicted molar refractivity (Wildman–Crippen MR) is 68.7 cm³/mol. The quantitative estimate of drug-likeness (QED) is 0.844. The minimum atomic E-state index is -0.219. The highest BCUT2D eigenvalue weighted by Crippen LogP contribution is 2.14. The summed E-state index contributed by atoms with van der Waals surface area (Å²) >= 11 is 11.5. The van der Waals surface area contributed by atoms with Crippen LogP contribution < -0.4 is 5.32 Å². The van der Waals surface area contributed by atoms with Gasteiger partial charge < -0.3 is 5.32 Å². The molecule has 3 nitrogen and oxygen atoms in total. The van der Waals surface area contributed by atoms with E-state index in [0.717, 1.165) is 0 Å². The molecule has 5 heteroatoms. The number of benzene rings is 1. The molecule has 86 valence electrons. The van der Waals surface area contributed by atoms with E-state index >= 15 is 0 Å². The smallest absolute Gasteiger partial charge is 0.255 e. The fraction of sp³-hybridized carbons (Fsp3) is 0. The Bertz CT molecular complexity index is 540. The number of amides is 1. The Labute approximate surface area is 108 Å². The molecule has 0 aliphatic carbocycles. The Morgan fingerprint density at radius 1 is 1.12 bits per heavy atom. The average Bonchev–Trinajstić information content (AvgIpc) is 2.29. The Kier molecular flexibility index (Phi) is 3.61. The number of rotatable bonds is 2. The SMILES string of the molecule is O=C(Nc1ccnc(Cl)c1)c1ccc(Cl)cc1. The fourth-order valence-corrected chi connectivity index (χ4v) is 1.58. The van der Waals surface area contributed by atoms with Crippen molar-refractivity contribution in [2.45, 2.75) is 0 Å². The summed E-state index contributed by atoms with van der Waals surface area (Å²) in [4.78, 5) is 15.6. The van der Waals surface area contributed by atoms with E-state index in [0.29, 0.717) is 21.4 Å². The molecule has 1 aromatic heterocycles. The van der Waals surface area contributed by atoms with Gasteiger partial charge in [-0.25, -0.2) is 4.98 Å². The molecule has 17 heavy (non-hydrogen) atoms. The zero-order valence-electron chi connectivity index (χ0n) is 8.65. The maximum absolute atomic E-state index is 11.8. The zero-order chi connectivity index (χ0) is 12.3. The van der Waals surface area contributed by atoms with Gasteiger partial charge >= 0.3 is 0 Å². The summed E-state index contributed by atoms with van der Waals surface area (Å²) in [7, 11) is 0. The number of carbonyl (C=O) groups is 1. The van der Waals surface area contributed by atoms with Crippen molar-refractivity contribution in [3.8, 4) is 0 Å². The van der Waals surface area contributed by atoms with E-state index in [1.807, 2.05) is 0 Å². The van der Waals surface area contributed by atoms with Crippen LogP contribution in [-0.2, 0) is 0 Å². The first-order valence-corrected chi connectivity index (χ1v) is 5.59. The van der Waals surface area contributed by atoms with Gasteiger partial charge in [0.1, 0.15) is 5.15 Å². The number of anilines is 1. The third kappa shape index (κ3) is 3.19. The van der Waals surface area contributed by atoms with E-state index in [1.165, 1.54) is 6.20 Å². The normalized spacial score (nSPS) is 10.0. The Morgan fingerprint density at radius 2 is 1.82 bits per heavy atom. The Balaban J connectivity index is 2.14. The Hall–Kier alpha value is -1.58. The molecular weight excluding hydrogens is 259 g/mol. The number of hydrogen-bond donors (Lipinski definition) is 1. The van der Waals surface area contributed by atoms with Gasteiger partial charge in [0.15, 0.2) is 0 Å². The van der Waals surface area contributed by atoms with Gasteiger partial charge in [-0.2, -0.15) is 0 Å². The van der Waals surface area contributed by atoms with Gasteiger partial charge in [0.05, 0.1) is 0 Å². The van der Waals surface area contributed by atoms with Crippen molar-refractivity contribution in [1.82, 2.24) is 4.98 Å². The van der Waals surface area contributed by atoms with Crippen molar-refractivity contribution in [3.63, 3.8) is 0 Å². The number of hydrogen-bond acceptors (Lipinski definition) is 2. The highest BCUT2D eigenvalue weighted by Gasteiger charge is 2.05. The van der Waals surface area contributed by atoms with E-state index in [9.17, 15) is 4.79 Å². The van der Waals surface area contributed by atoms with Gasteiger partial charge in [0.2, 0.25) is 0 Å². The topological polar surface area (TPSA) is 42.0 Å². The van der Waals surface area contributed by atoms with Crippen LogP contribution in [0, 0.1) is 0 Å². The summed E-state index contributed by atoms with van der Waals surface area (Å²) in [6.07, 6.45) is 1.53. The van der Waals surface area contributed by atoms with Crippen molar-refractivity contribution < 1.29 is 4.79 Å². The lowest BCUT2D eigenvalue weighted by molar-refractivity contribution is 0.102. The molecule has 0 unspecified atom stereocenters. The van der Waals surface area contributed by atoms with Crippen molar-refractivity contribution >= 4 is 34.8 Å². The highest BCUT2D eigenvalue weighted by molar-refractivity contribution is 6.30. The van der Waals surface area contributed by atoms with Crippen LogP contribution in [0.3, 0.4) is 0 Å².